The number of nitrogen functional groups attached to an aromatic ring is 2. The predicted octanol–water partition coefficient (Wildman–Crippen LogP) is 13.7. The number of halogens is 8. The molecule has 2 atom stereocenters. The summed E-state index contributed by atoms with van der Waals surface area (Å²) >= 11 is 24.8. The molecule has 4 aliphatic rings. The number of pyridine rings is 2. The number of piperazine rings is 1. The fourth-order valence-corrected chi connectivity index (χ4v) is 12.9. The molecule has 0 radical (unpaired) electrons. The van der Waals surface area contributed by atoms with Gasteiger partial charge in [-0.2, -0.15) is 9.97 Å². The first-order valence-corrected chi connectivity index (χ1v) is 29.8. The quantitative estimate of drug-likeness (QED) is 0.0904. The number of piperidine rings is 1. The lowest BCUT2D eigenvalue weighted by molar-refractivity contribution is 0.0201. The number of nitrogens with two attached hydrogens (primary N) is 2. The number of fused-ring (bicyclic) bond motifs is 4. The molecular weight excluding hydrogens is 1210 g/mol. The average Bonchev–Trinajstić information content (AvgIpc) is 1.73. The topological polar surface area (TPSA) is 202 Å². The van der Waals surface area contributed by atoms with Gasteiger partial charge in [0.2, 0.25) is 0 Å². The summed E-state index contributed by atoms with van der Waals surface area (Å²) in [5.74, 6) is -3.69. The molecular formula is C62H61Cl4F4N11O6. The monoisotopic (exact) mass is 1270 g/mol. The summed E-state index contributed by atoms with van der Waals surface area (Å²) in [7, 11) is 0. The highest BCUT2D eigenvalue weighted by molar-refractivity contribution is 6.38. The van der Waals surface area contributed by atoms with Crippen molar-refractivity contribution in [2.24, 2.45) is 0 Å². The number of rotatable bonds is 6. The van der Waals surface area contributed by atoms with Crippen LogP contribution in [-0.2, 0) is 4.74 Å². The van der Waals surface area contributed by atoms with E-state index in [1.807, 2.05) is 51.3 Å². The number of hydrogen-bond acceptors (Lipinski definition) is 14. The van der Waals surface area contributed by atoms with Crippen LogP contribution in [0.3, 0.4) is 0 Å². The highest BCUT2D eigenvalue weighted by atomic mass is 35.5. The zero-order valence-corrected chi connectivity index (χ0v) is 52.0. The summed E-state index contributed by atoms with van der Waals surface area (Å²) in [6.45, 7) is 18.3. The van der Waals surface area contributed by atoms with Crippen LogP contribution in [0.4, 0.5) is 45.4 Å². The average molecular weight is 1270 g/mol. The molecule has 8 heterocycles. The van der Waals surface area contributed by atoms with Crippen LogP contribution >= 0.6 is 46.4 Å². The van der Waals surface area contributed by atoms with Gasteiger partial charge in [-0.25, -0.2) is 31.9 Å². The first-order chi connectivity index (χ1) is 41.2. The molecule has 2 fully saturated rings. The van der Waals surface area contributed by atoms with Crippen LogP contribution in [0.2, 0.25) is 20.1 Å². The smallest absolute Gasteiger partial charge is 0.410 e. The van der Waals surface area contributed by atoms with Crippen LogP contribution in [0.1, 0.15) is 102 Å². The lowest BCUT2D eigenvalue weighted by atomic mass is 9.98. The molecule has 0 saturated carbocycles. The predicted molar refractivity (Wildman–Crippen MR) is 332 cm³/mol. The minimum atomic E-state index is -0.985. The molecule has 4 aromatic carbocycles. The number of nitrogens with zero attached hydrogens (tertiary/aromatic N) is 9. The first kappa shape index (κ1) is 61.1. The molecule has 8 aromatic rings. The number of carbonyl (C=O) groups is 1. The normalized spacial score (nSPS) is 16.5. The molecule has 4 N–H and O–H groups in total. The van der Waals surface area contributed by atoms with Crippen LogP contribution in [0.15, 0.2) is 58.4 Å². The van der Waals surface area contributed by atoms with Gasteiger partial charge in [-0.1, -0.05) is 74.1 Å². The van der Waals surface area contributed by atoms with Crippen molar-refractivity contribution < 1.29 is 36.6 Å². The summed E-state index contributed by atoms with van der Waals surface area (Å²) in [5, 5.41) is -0.240. The number of amides is 1. The van der Waals surface area contributed by atoms with Crippen molar-refractivity contribution in [3.8, 4) is 45.1 Å². The van der Waals surface area contributed by atoms with Gasteiger partial charge in [0, 0.05) is 60.8 Å². The fraction of sp³-hybridized carbons (Fsp3) is 0.371. The maximum atomic E-state index is 16.8. The van der Waals surface area contributed by atoms with E-state index in [4.69, 9.17) is 72.1 Å². The first-order valence-electron chi connectivity index (χ1n) is 28.3. The van der Waals surface area contributed by atoms with Crippen molar-refractivity contribution in [1.82, 2.24) is 34.0 Å². The van der Waals surface area contributed by atoms with Gasteiger partial charge in [-0.3, -0.25) is 19.1 Å². The second-order valence-corrected chi connectivity index (χ2v) is 25.3. The van der Waals surface area contributed by atoms with Crippen molar-refractivity contribution >= 4 is 97.3 Å². The number of benzene rings is 4. The van der Waals surface area contributed by atoms with E-state index in [1.165, 1.54) is 27.3 Å². The zero-order chi connectivity index (χ0) is 62.6. The SMILES string of the molecule is Cc1ccnc(C(C)C)c1-n1c(=O)nc2c3c(c(F)c(-c4c(N)c(Cl)cc(Cl)c4F)cc31)OC[C@H]1CCCCN21.Cc1ccnc(C(C)C)c1-n1c(=O)nc2c3c(c(F)c(-c4c(N)c(Cl)cc(Cl)c4F)cc31)OC[C@H]1CN(C(=O)OC(C)(C)C)CCN21. The molecule has 87 heavy (non-hydrogen) atoms. The van der Waals surface area contributed by atoms with E-state index in [1.54, 1.807) is 50.2 Å². The molecule has 456 valence electrons. The zero-order valence-electron chi connectivity index (χ0n) is 48.9. The van der Waals surface area contributed by atoms with Crippen LogP contribution < -0.4 is 42.1 Å². The van der Waals surface area contributed by atoms with E-state index in [0.29, 0.717) is 51.6 Å². The Morgan fingerprint density at radius 1 is 0.644 bits per heavy atom. The Morgan fingerprint density at radius 3 is 1.54 bits per heavy atom. The number of carbonyl (C=O) groups excluding carboxylic acids is 1. The third-order valence-corrected chi connectivity index (χ3v) is 17.2. The van der Waals surface area contributed by atoms with E-state index in [0.717, 1.165) is 30.9 Å². The van der Waals surface area contributed by atoms with E-state index >= 15 is 17.6 Å². The van der Waals surface area contributed by atoms with Crippen molar-refractivity contribution in [3.05, 3.63) is 136 Å². The molecule has 2 saturated heterocycles. The van der Waals surface area contributed by atoms with E-state index in [9.17, 15) is 14.4 Å². The van der Waals surface area contributed by atoms with Crippen molar-refractivity contribution in [1.29, 1.82) is 0 Å². The third-order valence-electron chi connectivity index (χ3n) is 16.1. The highest BCUT2D eigenvalue weighted by Crippen LogP contribution is 2.50. The van der Waals surface area contributed by atoms with Crippen molar-refractivity contribution in [3.63, 3.8) is 0 Å². The Morgan fingerprint density at radius 2 is 1.09 bits per heavy atom. The summed E-state index contributed by atoms with van der Waals surface area (Å²) < 4.78 is 85.3. The van der Waals surface area contributed by atoms with Gasteiger partial charge < -0.3 is 40.4 Å². The molecule has 4 aliphatic heterocycles. The second-order valence-electron chi connectivity index (χ2n) is 23.7. The van der Waals surface area contributed by atoms with Gasteiger partial charge >= 0.3 is 17.5 Å². The van der Waals surface area contributed by atoms with E-state index in [2.05, 4.69) is 19.9 Å². The van der Waals surface area contributed by atoms with Crippen LogP contribution in [0.25, 0.3) is 55.4 Å². The molecule has 0 spiro atoms. The van der Waals surface area contributed by atoms with Crippen LogP contribution in [0, 0.1) is 37.1 Å². The molecule has 12 rings (SSSR count). The standard InChI is InChI=1S/C33H34Cl2F2N6O4.C29H27Cl2F2N5O2/c1-15(2)27-28(16(3)7-8-39-27)43-21-11-18(22-25(37)19(34)12-20(35)26(22)38)24(36)29-23(21)30(40-31(43)44)42-10-9-41(13-17(42)14-46-29)32(45)47-33(4,5)6;1-13(2)25-26(14(3)7-8-35-25)38-19-10-16(20-23(33)17(30)11-18(31)24(20)34)22(32)27-21(19)28(36-29(38)39)37-9-5-4-6-15(37)12-40-27/h7-8,11-12,15,17H,9-10,13-14,38H2,1-6H3;7-8,10-11,13,15H,4-6,9,12,34H2,1-3H3/t17-;15-/m11/s1. The van der Waals surface area contributed by atoms with Gasteiger partial charge in [-0.05, 0) is 113 Å². The summed E-state index contributed by atoms with van der Waals surface area (Å²) in [6, 6.07) is 8.00. The Hall–Kier alpha value is -7.59. The number of hydrogen-bond donors (Lipinski definition) is 2. The molecule has 25 heteroatoms. The largest absolute Gasteiger partial charge is 0.487 e. The molecule has 0 bridgehead atoms. The van der Waals surface area contributed by atoms with E-state index in [-0.39, 0.29) is 133 Å². The lowest BCUT2D eigenvalue weighted by Gasteiger charge is -2.41. The number of aryl methyl sites for hydroxylation is 2. The summed E-state index contributed by atoms with van der Waals surface area (Å²) in [4.78, 5) is 64.7. The molecule has 0 aliphatic carbocycles. The molecule has 17 nitrogen and oxygen atoms in total. The number of aromatic nitrogens is 6. The Kier molecular flexibility index (Phi) is 16.3. The van der Waals surface area contributed by atoms with Gasteiger partial charge in [0.15, 0.2) is 34.8 Å². The maximum Gasteiger partial charge on any atom is 0.410 e. The van der Waals surface area contributed by atoms with Gasteiger partial charge in [0.1, 0.15) is 30.5 Å². The Bertz CT molecular complexity index is 4260. The van der Waals surface area contributed by atoms with Gasteiger partial charge in [0.25, 0.3) is 0 Å². The van der Waals surface area contributed by atoms with Crippen LogP contribution in [-0.4, -0.2) is 97.1 Å². The minimum absolute atomic E-state index is 0.0252. The Labute approximate surface area is 517 Å². The number of ether oxygens (including phenoxy) is 3. The van der Waals surface area contributed by atoms with Crippen molar-refractivity contribution in [2.45, 2.75) is 111 Å². The van der Waals surface area contributed by atoms with E-state index < -0.39 is 52.4 Å². The highest BCUT2D eigenvalue weighted by Gasteiger charge is 2.40. The number of anilines is 4. The fourth-order valence-electron chi connectivity index (χ4n) is 12.0. The molecule has 1 amide bonds. The second kappa shape index (κ2) is 23.2. The van der Waals surface area contributed by atoms with Gasteiger partial charge in [-0.15, -0.1) is 0 Å². The van der Waals surface area contributed by atoms with Crippen molar-refractivity contribution in [2.75, 3.05) is 60.7 Å². The van der Waals surface area contributed by atoms with Crippen LogP contribution in [0.5, 0.6) is 11.5 Å². The summed E-state index contributed by atoms with van der Waals surface area (Å²) in [6.07, 6.45) is 5.51. The van der Waals surface area contributed by atoms with Gasteiger partial charge in [0.05, 0.1) is 88.1 Å². The third kappa shape index (κ3) is 10.6. The minimum Gasteiger partial charge on any atom is -0.487 e. The molecule has 0 unspecified atom stereocenters. The Balaban J connectivity index is 0.000000182. The molecule has 4 aromatic heterocycles. The summed E-state index contributed by atoms with van der Waals surface area (Å²) in [5.41, 5.74) is 13.1. The lowest BCUT2D eigenvalue weighted by Crippen LogP contribution is -2.57. The maximum absolute atomic E-state index is 16.8.